The van der Waals surface area contributed by atoms with Gasteiger partial charge in [0.2, 0.25) is 0 Å². The van der Waals surface area contributed by atoms with Gasteiger partial charge in [0.25, 0.3) is 0 Å². The van der Waals surface area contributed by atoms with E-state index >= 15 is 0 Å². The zero-order valence-corrected chi connectivity index (χ0v) is 6.58. The van der Waals surface area contributed by atoms with Gasteiger partial charge < -0.3 is 15.6 Å². The van der Waals surface area contributed by atoms with Crippen LogP contribution >= 0.6 is 0 Å². The summed E-state index contributed by atoms with van der Waals surface area (Å²) in [4.78, 5) is 4.88. The summed E-state index contributed by atoms with van der Waals surface area (Å²) in [5.41, 5.74) is 7.83. The molecule has 0 aliphatic rings. The second-order valence-electron chi connectivity index (χ2n) is 1.87. The van der Waals surface area contributed by atoms with Gasteiger partial charge in [-0.15, -0.1) is 0 Å². The van der Waals surface area contributed by atoms with Gasteiger partial charge >= 0.3 is 0 Å². The third kappa shape index (κ3) is 9.80. The number of aliphatic hydroxyl groups excluding tert-OH is 1. The molecule has 5 nitrogen and oxygen atoms in total. The molecule has 4 N–H and O–H groups in total. The molecule has 0 spiro atoms. The Balaban J connectivity index is 2.69. The molecule has 11 heavy (non-hydrogen) atoms. The minimum Gasteiger partial charge on any atom is -0.394 e. The number of hydroxylamine groups is 1. The third-order valence-corrected chi connectivity index (χ3v) is 0.914. The Morgan fingerprint density at radius 1 is 1.27 bits per heavy atom. The average Bonchev–Trinajstić information content (AvgIpc) is 2.03. The number of aliphatic hydroxyl groups is 1. The summed E-state index contributed by atoms with van der Waals surface area (Å²) < 4.78 is 4.92. The number of hydrogen-bond donors (Lipinski definition) is 3. The lowest BCUT2D eigenvalue weighted by atomic mass is 10.7. The zero-order chi connectivity index (χ0) is 8.36. The van der Waals surface area contributed by atoms with Gasteiger partial charge in [-0.2, -0.15) is 0 Å². The fourth-order valence-electron chi connectivity index (χ4n) is 0.470. The van der Waals surface area contributed by atoms with Crippen molar-refractivity contribution in [2.45, 2.75) is 0 Å². The lowest BCUT2D eigenvalue weighted by Gasteiger charge is -2.04. The van der Waals surface area contributed by atoms with Gasteiger partial charge in [0.05, 0.1) is 26.4 Å². The molecule has 0 rings (SSSR count). The number of hydrogen-bond acceptors (Lipinski definition) is 5. The molecule has 0 atom stereocenters. The molecule has 68 valence electrons. The second kappa shape index (κ2) is 9.80. The van der Waals surface area contributed by atoms with E-state index in [1.807, 2.05) is 0 Å². The fraction of sp³-hybridized carbons (Fsp3) is 1.00. The summed E-state index contributed by atoms with van der Waals surface area (Å²) in [6.45, 7) is 2.56. The predicted octanol–water partition coefficient (Wildman–Crippen LogP) is -1.52. The van der Waals surface area contributed by atoms with Crippen molar-refractivity contribution in [1.29, 1.82) is 0 Å². The first kappa shape index (κ1) is 10.8. The maximum Gasteiger partial charge on any atom is 0.0916 e. The van der Waals surface area contributed by atoms with Crippen LogP contribution < -0.4 is 11.2 Å². The minimum atomic E-state index is 0.0518. The maximum atomic E-state index is 8.31. The molecule has 0 radical (unpaired) electrons. The van der Waals surface area contributed by atoms with Crippen molar-refractivity contribution >= 4 is 0 Å². The molecule has 0 aromatic carbocycles. The van der Waals surface area contributed by atoms with Crippen LogP contribution in [-0.2, 0) is 9.57 Å². The van der Waals surface area contributed by atoms with Crippen LogP contribution in [0.4, 0.5) is 0 Å². The summed E-state index contributed by atoms with van der Waals surface area (Å²) in [5.74, 6) is 0. The van der Waals surface area contributed by atoms with E-state index in [0.717, 1.165) is 0 Å². The topological polar surface area (TPSA) is 76.7 Å². The van der Waals surface area contributed by atoms with Crippen molar-refractivity contribution in [3.63, 3.8) is 0 Å². The Kier molecular flexibility index (Phi) is 9.62. The SMILES string of the molecule is NCCNOCCOCCO. The van der Waals surface area contributed by atoms with Gasteiger partial charge in [-0.3, -0.25) is 4.84 Å². The van der Waals surface area contributed by atoms with Crippen LogP contribution in [-0.4, -0.2) is 44.6 Å². The average molecular weight is 164 g/mol. The summed E-state index contributed by atoms with van der Waals surface area (Å²) in [6.07, 6.45) is 0. The molecular weight excluding hydrogens is 148 g/mol. The van der Waals surface area contributed by atoms with Crippen molar-refractivity contribution in [1.82, 2.24) is 5.48 Å². The normalized spacial score (nSPS) is 10.4. The van der Waals surface area contributed by atoms with E-state index in [0.29, 0.717) is 32.9 Å². The lowest BCUT2D eigenvalue weighted by Crippen LogP contribution is -2.24. The summed E-state index contributed by atoms with van der Waals surface area (Å²) in [5, 5.41) is 8.31. The molecular formula is C6H16N2O3. The first-order valence-electron chi connectivity index (χ1n) is 3.65. The van der Waals surface area contributed by atoms with Gasteiger partial charge in [0, 0.05) is 13.1 Å². The van der Waals surface area contributed by atoms with E-state index in [1.54, 1.807) is 0 Å². The van der Waals surface area contributed by atoms with E-state index < -0.39 is 0 Å². The van der Waals surface area contributed by atoms with Crippen molar-refractivity contribution < 1.29 is 14.7 Å². The van der Waals surface area contributed by atoms with Gasteiger partial charge in [-0.25, -0.2) is 5.48 Å². The first-order valence-corrected chi connectivity index (χ1v) is 3.65. The predicted molar refractivity (Wildman–Crippen MR) is 40.9 cm³/mol. The van der Waals surface area contributed by atoms with Gasteiger partial charge in [0.1, 0.15) is 0 Å². The van der Waals surface area contributed by atoms with Gasteiger partial charge in [0.15, 0.2) is 0 Å². The molecule has 5 heteroatoms. The fourth-order valence-corrected chi connectivity index (χ4v) is 0.470. The molecule has 0 saturated carbocycles. The number of ether oxygens (including phenoxy) is 1. The second-order valence-corrected chi connectivity index (χ2v) is 1.87. The van der Waals surface area contributed by atoms with Crippen molar-refractivity contribution in [3.05, 3.63) is 0 Å². The van der Waals surface area contributed by atoms with E-state index in [2.05, 4.69) is 5.48 Å². The highest BCUT2D eigenvalue weighted by Crippen LogP contribution is 1.73. The van der Waals surface area contributed by atoms with E-state index in [4.69, 9.17) is 20.4 Å². The number of nitrogens with one attached hydrogen (secondary N) is 1. The van der Waals surface area contributed by atoms with Crippen LogP contribution in [0.2, 0.25) is 0 Å². The molecule has 0 aromatic heterocycles. The summed E-state index contributed by atoms with van der Waals surface area (Å²) in [7, 11) is 0. The van der Waals surface area contributed by atoms with Gasteiger partial charge in [-0.05, 0) is 0 Å². The maximum absolute atomic E-state index is 8.31. The smallest absolute Gasteiger partial charge is 0.0916 e. The van der Waals surface area contributed by atoms with E-state index in [1.165, 1.54) is 0 Å². The molecule has 0 bridgehead atoms. The van der Waals surface area contributed by atoms with Crippen LogP contribution in [0.3, 0.4) is 0 Å². The molecule has 0 amide bonds. The quantitative estimate of drug-likeness (QED) is 0.300. The molecule has 0 aliphatic heterocycles. The zero-order valence-electron chi connectivity index (χ0n) is 6.58. The van der Waals surface area contributed by atoms with Crippen molar-refractivity contribution in [2.24, 2.45) is 5.73 Å². The van der Waals surface area contributed by atoms with Crippen molar-refractivity contribution in [3.8, 4) is 0 Å². The third-order valence-electron chi connectivity index (χ3n) is 0.914. The lowest BCUT2D eigenvalue weighted by molar-refractivity contribution is -0.00967. The summed E-state index contributed by atoms with van der Waals surface area (Å²) >= 11 is 0. The molecule has 0 heterocycles. The molecule has 0 aliphatic carbocycles. The largest absolute Gasteiger partial charge is 0.394 e. The van der Waals surface area contributed by atoms with E-state index in [9.17, 15) is 0 Å². The Labute approximate surface area is 66.4 Å². The number of rotatable bonds is 8. The highest BCUT2D eigenvalue weighted by Gasteiger charge is 1.87. The monoisotopic (exact) mass is 164 g/mol. The van der Waals surface area contributed by atoms with Crippen LogP contribution in [0.1, 0.15) is 0 Å². The molecule has 0 aromatic rings. The van der Waals surface area contributed by atoms with Crippen LogP contribution in [0.15, 0.2) is 0 Å². The summed E-state index contributed by atoms with van der Waals surface area (Å²) in [6, 6.07) is 0. The van der Waals surface area contributed by atoms with Crippen LogP contribution in [0, 0.1) is 0 Å². The first-order chi connectivity index (χ1) is 5.41. The Bertz CT molecular complexity index is 64.8. The van der Waals surface area contributed by atoms with Crippen LogP contribution in [0.25, 0.3) is 0 Å². The Morgan fingerprint density at radius 2 is 2.09 bits per heavy atom. The minimum absolute atomic E-state index is 0.0518. The molecule has 0 unspecified atom stereocenters. The van der Waals surface area contributed by atoms with Crippen molar-refractivity contribution in [2.75, 3.05) is 39.5 Å². The molecule has 0 saturated heterocycles. The molecule has 0 fully saturated rings. The number of nitrogens with two attached hydrogens (primary N) is 1. The van der Waals surface area contributed by atoms with Crippen LogP contribution in [0.5, 0.6) is 0 Å². The van der Waals surface area contributed by atoms with E-state index in [-0.39, 0.29) is 6.61 Å². The highest BCUT2D eigenvalue weighted by molar-refractivity contribution is 4.33. The Morgan fingerprint density at radius 3 is 2.73 bits per heavy atom. The van der Waals surface area contributed by atoms with Gasteiger partial charge in [-0.1, -0.05) is 0 Å². The highest BCUT2D eigenvalue weighted by atomic mass is 16.7. The standard InChI is InChI=1S/C6H16N2O3/c7-1-2-8-11-6-5-10-4-3-9/h8-9H,1-7H2. The Hall–Kier alpha value is -0.200.